The molecule has 0 atom stereocenters. The van der Waals surface area contributed by atoms with Crippen molar-refractivity contribution < 1.29 is 9.18 Å². The Labute approximate surface area is 109 Å². The quantitative estimate of drug-likeness (QED) is 0.743. The van der Waals surface area contributed by atoms with Crippen molar-refractivity contribution in [1.29, 1.82) is 0 Å². The van der Waals surface area contributed by atoms with Gasteiger partial charge in [0.1, 0.15) is 5.82 Å². The molecular formula is C11H5BrClFOS. The minimum Gasteiger partial charge on any atom is -0.288 e. The first-order chi connectivity index (χ1) is 7.58. The Morgan fingerprint density at radius 3 is 2.62 bits per heavy atom. The highest BCUT2D eigenvalue weighted by molar-refractivity contribution is 9.10. The molecule has 0 spiro atoms. The summed E-state index contributed by atoms with van der Waals surface area (Å²) in [5.74, 6) is -0.884. The fourth-order valence-corrected chi connectivity index (χ4v) is 2.57. The molecule has 0 aliphatic rings. The summed E-state index contributed by atoms with van der Waals surface area (Å²) in [6, 6.07) is 7.57. The number of carbonyl (C=O) groups excluding carboxylic acids is 1. The van der Waals surface area contributed by atoms with E-state index < -0.39 is 5.82 Å². The Balaban J connectivity index is 2.41. The van der Waals surface area contributed by atoms with Crippen LogP contribution in [0, 0.1) is 5.82 Å². The summed E-state index contributed by atoms with van der Waals surface area (Å²) in [4.78, 5) is 12.3. The van der Waals surface area contributed by atoms with Gasteiger partial charge in [0, 0.05) is 4.47 Å². The number of benzene rings is 1. The largest absolute Gasteiger partial charge is 0.288 e. The predicted octanol–water partition coefficient (Wildman–Crippen LogP) is 4.53. The molecular weight excluding hydrogens is 315 g/mol. The second-order valence-corrected chi connectivity index (χ2v) is 5.69. The molecule has 82 valence electrons. The van der Waals surface area contributed by atoms with Crippen molar-refractivity contribution in [3.05, 3.63) is 55.4 Å². The number of hydrogen-bond acceptors (Lipinski definition) is 2. The van der Waals surface area contributed by atoms with E-state index in [1.165, 1.54) is 12.1 Å². The molecule has 0 fully saturated rings. The molecule has 0 saturated heterocycles. The van der Waals surface area contributed by atoms with Gasteiger partial charge < -0.3 is 0 Å². The van der Waals surface area contributed by atoms with E-state index in [1.54, 1.807) is 18.2 Å². The van der Waals surface area contributed by atoms with E-state index in [0.29, 0.717) is 13.7 Å². The highest BCUT2D eigenvalue weighted by Crippen LogP contribution is 2.25. The van der Waals surface area contributed by atoms with Gasteiger partial charge in [0.25, 0.3) is 0 Å². The molecule has 0 aliphatic carbocycles. The smallest absolute Gasteiger partial charge is 0.205 e. The molecule has 1 aromatic carbocycles. The van der Waals surface area contributed by atoms with Gasteiger partial charge in [-0.1, -0.05) is 27.5 Å². The van der Waals surface area contributed by atoms with E-state index in [9.17, 15) is 9.18 Å². The molecule has 16 heavy (non-hydrogen) atoms. The molecule has 0 saturated carbocycles. The standard InChI is InChI=1S/C11H5BrClFOS/c12-6-1-2-7(8(14)5-6)11(15)9-3-4-10(13)16-9/h1-5H. The average Bonchev–Trinajstić information content (AvgIpc) is 2.64. The lowest BCUT2D eigenvalue weighted by Gasteiger charge is -2.00. The van der Waals surface area contributed by atoms with Crippen molar-refractivity contribution in [2.24, 2.45) is 0 Å². The van der Waals surface area contributed by atoms with Crippen LogP contribution in [0.1, 0.15) is 15.2 Å². The molecule has 0 radical (unpaired) electrons. The SMILES string of the molecule is O=C(c1ccc(Cl)s1)c1ccc(Br)cc1F. The van der Waals surface area contributed by atoms with Crippen LogP contribution in [0.25, 0.3) is 0 Å². The minimum absolute atomic E-state index is 0.0571. The third-order valence-corrected chi connectivity index (χ3v) is 3.70. The van der Waals surface area contributed by atoms with Gasteiger partial charge in [-0.3, -0.25) is 4.79 Å². The Kier molecular flexibility index (Phi) is 3.42. The summed E-state index contributed by atoms with van der Waals surface area (Å²) in [5, 5.41) is 0. The molecule has 0 N–H and O–H groups in total. The van der Waals surface area contributed by atoms with Crippen molar-refractivity contribution in [3.63, 3.8) is 0 Å². The maximum atomic E-state index is 13.5. The number of hydrogen-bond donors (Lipinski definition) is 0. The molecule has 1 nitrogen and oxygen atoms in total. The summed E-state index contributed by atoms with van der Waals surface area (Å²) < 4.78 is 14.6. The van der Waals surface area contributed by atoms with E-state index >= 15 is 0 Å². The van der Waals surface area contributed by atoms with Crippen molar-refractivity contribution in [1.82, 2.24) is 0 Å². The van der Waals surface area contributed by atoms with Gasteiger partial charge in [-0.15, -0.1) is 11.3 Å². The summed E-state index contributed by atoms with van der Waals surface area (Å²) >= 11 is 10.00. The molecule has 0 amide bonds. The maximum absolute atomic E-state index is 13.5. The lowest BCUT2D eigenvalue weighted by Crippen LogP contribution is -2.01. The maximum Gasteiger partial charge on any atom is 0.205 e. The second kappa shape index (κ2) is 4.65. The number of halogens is 3. The van der Waals surface area contributed by atoms with Crippen LogP contribution >= 0.6 is 38.9 Å². The van der Waals surface area contributed by atoms with Gasteiger partial charge in [0.2, 0.25) is 5.78 Å². The van der Waals surface area contributed by atoms with Gasteiger partial charge in [0.15, 0.2) is 0 Å². The van der Waals surface area contributed by atoms with Crippen molar-refractivity contribution in [3.8, 4) is 0 Å². The minimum atomic E-state index is -0.538. The fourth-order valence-electron chi connectivity index (χ4n) is 1.24. The van der Waals surface area contributed by atoms with Crippen LogP contribution in [-0.2, 0) is 0 Å². The van der Waals surface area contributed by atoms with Crippen LogP contribution in [-0.4, -0.2) is 5.78 Å². The van der Waals surface area contributed by atoms with Gasteiger partial charge in [0.05, 0.1) is 14.8 Å². The number of rotatable bonds is 2. The normalized spacial score (nSPS) is 10.4. The zero-order valence-corrected chi connectivity index (χ0v) is 11.0. The molecule has 5 heteroatoms. The highest BCUT2D eigenvalue weighted by Gasteiger charge is 2.15. The first-order valence-electron chi connectivity index (χ1n) is 4.33. The molecule has 0 unspecified atom stereocenters. The first kappa shape index (κ1) is 11.8. The Morgan fingerprint density at radius 2 is 2.06 bits per heavy atom. The van der Waals surface area contributed by atoms with E-state index in [4.69, 9.17) is 11.6 Å². The van der Waals surface area contributed by atoms with Crippen LogP contribution in [0.3, 0.4) is 0 Å². The third-order valence-electron chi connectivity index (χ3n) is 1.97. The van der Waals surface area contributed by atoms with Gasteiger partial charge >= 0.3 is 0 Å². The van der Waals surface area contributed by atoms with Crippen molar-refractivity contribution in [2.75, 3.05) is 0 Å². The fraction of sp³-hybridized carbons (Fsp3) is 0. The second-order valence-electron chi connectivity index (χ2n) is 3.06. The number of ketones is 1. The summed E-state index contributed by atoms with van der Waals surface area (Å²) in [7, 11) is 0. The molecule has 1 heterocycles. The van der Waals surface area contributed by atoms with Crippen molar-refractivity contribution in [2.45, 2.75) is 0 Å². The van der Waals surface area contributed by atoms with E-state index in [0.717, 1.165) is 11.3 Å². The van der Waals surface area contributed by atoms with Gasteiger partial charge in [-0.2, -0.15) is 0 Å². The zero-order valence-electron chi connectivity index (χ0n) is 7.84. The molecule has 2 rings (SSSR count). The van der Waals surface area contributed by atoms with Crippen LogP contribution in [0.5, 0.6) is 0 Å². The lowest BCUT2D eigenvalue weighted by molar-refractivity contribution is 0.103. The third kappa shape index (κ3) is 2.34. The topological polar surface area (TPSA) is 17.1 Å². The lowest BCUT2D eigenvalue weighted by atomic mass is 10.1. The van der Waals surface area contributed by atoms with Crippen molar-refractivity contribution >= 4 is 44.7 Å². The van der Waals surface area contributed by atoms with Crippen LogP contribution in [0.15, 0.2) is 34.8 Å². The average molecular weight is 320 g/mol. The van der Waals surface area contributed by atoms with Gasteiger partial charge in [-0.25, -0.2) is 4.39 Å². The van der Waals surface area contributed by atoms with Crippen LogP contribution < -0.4 is 0 Å². The highest BCUT2D eigenvalue weighted by atomic mass is 79.9. The van der Waals surface area contributed by atoms with Gasteiger partial charge in [-0.05, 0) is 30.3 Å². The van der Waals surface area contributed by atoms with E-state index in [1.807, 2.05) is 0 Å². The van der Waals surface area contributed by atoms with E-state index in [-0.39, 0.29) is 11.3 Å². The predicted molar refractivity (Wildman–Crippen MR) is 66.9 cm³/mol. The van der Waals surface area contributed by atoms with E-state index in [2.05, 4.69) is 15.9 Å². The first-order valence-corrected chi connectivity index (χ1v) is 6.32. The Bertz CT molecular complexity index is 553. The molecule has 1 aromatic heterocycles. The number of carbonyl (C=O) groups is 1. The monoisotopic (exact) mass is 318 g/mol. The number of thiophene rings is 1. The Hall–Kier alpha value is -0.710. The molecule has 0 aliphatic heterocycles. The summed E-state index contributed by atoms with van der Waals surface area (Å²) in [6.45, 7) is 0. The van der Waals surface area contributed by atoms with Crippen LogP contribution in [0.2, 0.25) is 4.34 Å². The Morgan fingerprint density at radius 1 is 1.31 bits per heavy atom. The van der Waals surface area contributed by atoms with Crippen LogP contribution in [0.4, 0.5) is 4.39 Å². The zero-order chi connectivity index (χ0) is 11.7. The molecule has 2 aromatic rings. The summed E-state index contributed by atoms with van der Waals surface area (Å²) in [6.07, 6.45) is 0. The molecule has 0 bridgehead atoms. The summed E-state index contributed by atoms with van der Waals surface area (Å²) in [5.41, 5.74) is 0.0571.